The first-order valence-corrected chi connectivity index (χ1v) is 6.10. The third-order valence-corrected chi connectivity index (χ3v) is 4.11. The van der Waals surface area contributed by atoms with Gasteiger partial charge in [0, 0.05) is 11.5 Å². The molecule has 0 aromatic carbocycles. The molecule has 1 atom stereocenters. The van der Waals surface area contributed by atoms with Crippen molar-refractivity contribution < 1.29 is 8.78 Å². The van der Waals surface area contributed by atoms with Crippen LogP contribution < -0.4 is 5.73 Å². The van der Waals surface area contributed by atoms with E-state index < -0.39 is 17.4 Å². The van der Waals surface area contributed by atoms with E-state index in [1.165, 1.54) is 6.42 Å². The van der Waals surface area contributed by atoms with Gasteiger partial charge in [-0.2, -0.15) is 0 Å². The zero-order valence-electron chi connectivity index (χ0n) is 9.44. The number of nitrogens with two attached hydrogens (primary N) is 1. The fraction of sp³-hybridized carbons (Fsp3) is 1.00. The maximum absolute atomic E-state index is 13.6. The van der Waals surface area contributed by atoms with Gasteiger partial charge in [0.2, 0.25) is 5.92 Å². The summed E-state index contributed by atoms with van der Waals surface area (Å²) in [4.78, 5) is 0. The number of hydrogen-bond donors (Lipinski definition) is 1. The normalized spacial score (nSPS) is 28.8. The highest BCUT2D eigenvalue weighted by molar-refractivity contribution is 5.09. The molecule has 0 heterocycles. The Hall–Kier alpha value is -0.180. The molecule has 0 radical (unpaired) electrons. The first-order chi connectivity index (χ1) is 6.93. The predicted octanol–water partition coefficient (Wildman–Crippen LogP) is 3.33. The van der Waals surface area contributed by atoms with E-state index >= 15 is 0 Å². The average Bonchev–Trinajstić information content (AvgIpc) is 2.83. The van der Waals surface area contributed by atoms with Crippen molar-refractivity contribution >= 4 is 0 Å². The minimum absolute atomic E-state index is 0.159. The number of halogens is 2. The quantitative estimate of drug-likeness (QED) is 0.771. The van der Waals surface area contributed by atoms with Crippen LogP contribution in [0.5, 0.6) is 0 Å². The molecule has 0 spiro atoms. The maximum atomic E-state index is 13.6. The Balaban J connectivity index is 2.11. The zero-order chi connectivity index (χ0) is 11.1. The van der Waals surface area contributed by atoms with Gasteiger partial charge in [0.15, 0.2) is 0 Å². The molecule has 2 aliphatic rings. The van der Waals surface area contributed by atoms with Gasteiger partial charge < -0.3 is 5.73 Å². The van der Waals surface area contributed by atoms with E-state index in [2.05, 4.69) is 0 Å². The summed E-state index contributed by atoms with van der Waals surface area (Å²) in [6.45, 7) is 1.05. The van der Waals surface area contributed by atoms with E-state index in [-0.39, 0.29) is 5.92 Å². The van der Waals surface area contributed by atoms with Crippen molar-refractivity contribution in [2.24, 2.45) is 17.6 Å². The van der Waals surface area contributed by atoms with Crippen molar-refractivity contribution in [2.45, 2.75) is 63.3 Å². The summed E-state index contributed by atoms with van der Waals surface area (Å²) in [6.07, 6.45) is 6.89. The van der Waals surface area contributed by atoms with Crippen LogP contribution in [0, 0.1) is 11.8 Å². The predicted molar refractivity (Wildman–Crippen MR) is 56.8 cm³/mol. The first kappa shape index (κ1) is 11.3. The summed E-state index contributed by atoms with van der Waals surface area (Å²) in [5.74, 6) is -3.02. The Kier molecular flexibility index (Phi) is 2.78. The molecule has 2 saturated carbocycles. The number of rotatable bonds is 3. The second-order valence-electron chi connectivity index (χ2n) is 5.57. The summed E-state index contributed by atoms with van der Waals surface area (Å²) in [5, 5.41) is 0. The number of alkyl halides is 2. The Morgan fingerprint density at radius 3 is 2.13 bits per heavy atom. The van der Waals surface area contributed by atoms with E-state index in [4.69, 9.17) is 5.73 Å². The minimum atomic E-state index is -2.60. The van der Waals surface area contributed by atoms with Gasteiger partial charge in [-0.3, -0.25) is 0 Å². The summed E-state index contributed by atoms with van der Waals surface area (Å²) in [5.41, 5.74) is 5.49. The van der Waals surface area contributed by atoms with Crippen LogP contribution in [0.3, 0.4) is 0 Å². The van der Waals surface area contributed by atoms with E-state index in [1.807, 2.05) is 0 Å². The molecule has 3 heteroatoms. The molecule has 0 aromatic rings. The lowest BCUT2D eigenvalue weighted by molar-refractivity contribution is -0.0841. The molecule has 0 aromatic heterocycles. The molecule has 0 aliphatic heterocycles. The highest BCUT2D eigenvalue weighted by Gasteiger charge is 2.57. The molecule has 0 saturated heterocycles. The summed E-state index contributed by atoms with van der Waals surface area (Å²) >= 11 is 0. The van der Waals surface area contributed by atoms with E-state index in [0.29, 0.717) is 0 Å². The molecule has 0 bridgehead atoms. The van der Waals surface area contributed by atoms with Crippen LogP contribution >= 0.6 is 0 Å². The largest absolute Gasteiger partial charge is 0.325 e. The maximum Gasteiger partial charge on any atom is 0.250 e. The van der Waals surface area contributed by atoms with Gasteiger partial charge in [0.1, 0.15) is 0 Å². The van der Waals surface area contributed by atoms with Gasteiger partial charge in [-0.25, -0.2) is 8.78 Å². The lowest BCUT2D eigenvalue weighted by Crippen LogP contribution is -2.47. The van der Waals surface area contributed by atoms with E-state index in [9.17, 15) is 8.78 Å². The van der Waals surface area contributed by atoms with Gasteiger partial charge in [0.05, 0.1) is 0 Å². The summed E-state index contributed by atoms with van der Waals surface area (Å²) in [7, 11) is 0. The fourth-order valence-electron chi connectivity index (χ4n) is 3.31. The molecule has 15 heavy (non-hydrogen) atoms. The van der Waals surface area contributed by atoms with Crippen molar-refractivity contribution in [1.29, 1.82) is 0 Å². The van der Waals surface area contributed by atoms with Crippen molar-refractivity contribution in [2.75, 3.05) is 0 Å². The molecular formula is C12H21F2N. The Morgan fingerprint density at radius 1 is 1.20 bits per heavy atom. The van der Waals surface area contributed by atoms with Gasteiger partial charge in [-0.1, -0.05) is 19.3 Å². The SMILES string of the molecule is CC(F)(F)C(C1CCCCC1)C1(N)CC1. The van der Waals surface area contributed by atoms with Crippen LogP contribution in [0.4, 0.5) is 8.78 Å². The Morgan fingerprint density at radius 2 is 1.73 bits per heavy atom. The zero-order valence-corrected chi connectivity index (χ0v) is 9.44. The smallest absolute Gasteiger partial charge is 0.250 e. The molecule has 2 N–H and O–H groups in total. The van der Waals surface area contributed by atoms with Gasteiger partial charge in [-0.15, -0.1) is 0 Å². The third kappa shape index (κ3) is 2.32. The first-order valence-electron chi connectivity index (χ1n) is 6.10. The average molecular weight is 217 g/mol. The second kappa shape index (κ2) is 3.69. The highest BCUT2D eigenvalue weighted by atomic mass is 19.3. The van der Waals surface area contributed by atoms with Crippen LogP contribution in [0.25, 0.3) is 0 Å². The molecule has 1 unspecified atom stereocenters. The van der Waals surface area contributed by atoms with Crippen molar-refractivity contribution in [1.82, 2.24) is 0 Å². The van der Waals surface area contributed by atoms with Crippen LogP contribution in [0.2, 0.25) is 0 Å². The van der Waals surface area contributed by atoms with Crippen molar-refractivity contribution in [3.63, 3.8) is 0 Å². The fourth-order valence-corrected chi connectivity index (χ4v) is 3.31. The van der Waals surface area contributed by atoms with Crippen molar-refractivity contribution in [3.05, 3.63) is 0 Å². The van der Waals surface area contributed by atoms with E-state index in [0.717, 1.165) is 45.4 Å². The minimum Gasteiger partial charge on any atom is -0.325 e. The van der Waals surface area contributed by atoms with Gasteiger partial charge in [-0.05, 0) is 38.5 Å². The van der Waals surface area contributed by atoms with E-state index in [1.54, 1.807) is 0 Å². The van der Waals surface area contributed by atoms with Crippen molar-refractivity contribution in [3.8, 4) is 0 Å². The Labute approximate surface area is 90.4 Å². The number of hydrogen-bond acceptors (Lipinski definition) is 1. The molecule has 1 nitrogen and oxygen atoms in total. The molecular weight excluding hydrogens is 196 g/mol. The monoisotopic (exact) mass is 217 g/mol. The summed E-state index contributed by atoms with van der Waals surface area (Å²) in [6, 6.07) is 0. The lowest BCUT2D eigenvalue weighted by Gasteiger charge is -2.38. The second-order valence-corrected chi connectivity index (χ2v) is 5.57. The van der Waals surface area contributed by atoms with Gasteiger partial charge in [0.25, 0.3) is 0 Å². The molecule has 88 valence electrons. The van der Waals surface area contributed by atoms with Crippen LogP contribution in [-0.2, 0) is 0 Å². The van der Waals surface area contributed by atoms with Crippen LogP contribution in [0.1, 0.15) is 51.9 Å². The van der Waals surface area contributed by atoms with Gasteiger partial charge >= 0.3 is 0 Å². The third-order valence-electron chi connectivity index (χ3n) is 4.11. The standard InChI is InChI=1S/C12H21F2N/c1-11(13,14)10(12(15)7-8-12)9-5-3-2-4-6-9/h9-10H,2-8,15H2,1H3. The lowest BCUT2D eigenvalue weighted by atomic mass is 9.73. The topological polar surface area (TPSA) is 26.0 Å². The summed E-state index contributed by atoms with van der Waals surface area (Å²) < 4.78 is 27.3. The van der Waals surface area contributed by atoms with Crippen LogP contribution in [-0.4, -0.2) is 11.5 Å². The molecule has 2 aliphatic carbocycles. The highest BCUT2D eigenvalue weighted by Crippen LogP contribution is 2.52. The Bertz CT molecular complexity index is 219. The van der Waals surface area contributed by atoms with Crippen LogP contribution in [0.15, 0.2) is 0 Å². The molecule has 2 rings (SSSR count). The molecule has 0 amide bonds. The molecule has 2 fully saturated rings.